The Hall–Kier alpha value is -1.00. The van der Waals surface area contributed by atoms with Gasteiger partial charge >= 0.3 is 0 Å². The minimum Gasteiger partial charge on any atom is -0.329 e. The fourth-order valence-electron chi connectivity index (χ4n) is 3.09. The average molecular weight is 268 g/mol. The fraction of sp³-hybridized carbons (Fsp3) is 0.600. The number of likely N-dealkylation sites (tertiary alicyclic amines) is 1. The largest absolute Gasteiger partial charge is 0.329 e. The number of nitrogens with two attached hydrogens (primary N) is 1. The Balaban J connectivity index is 2.17. The number of benzene rings is 1. The molecule has 1 aliphatic heterocycles. The van der Waals surface area contributed by atoms with Crippen LogP contribution in [-0.4, -0.2) is 24.0 Å². The van der Waals surface area contributed by atoms with E-state index in [1.54, 1.807) is 12.1 Å². The first-order valence-corrected chi connectivity index (χ1v) is 6.86. The van der Waals surface area contributed by atoms with E-state index in [1.807, 2.05) is 0 Å². The SMILES string of the molecule is CC1CC(C)N(C(CN)c2ccc(C(F)F)cc2)C1. The van der Waals surface area contributed by atoms with Gasteiger partial charge in [-0.05, 0) is 24.8 Å². The van der Waals surface area contributed by atoms with Crippen molar-refractivity contribution in [2.75, 3.05) is 13.1 Å². The highest BCUT2D eigenvalue weighted by Gasteiger charge is 2.31. The Kier molecular flexibility index (Phi) is 4.53. The summed E-state index contributed by atoms with van der Waals surface area (Å²) in [5.41, 5.74) is 7.01. The van der Waals surface area contributed by atoms with Crippen LogP contribution in [0, 0.1) is 5.92 Å². The molecule has 3 atom stereocenters. The number of rotatable bonds is 4. The zero-order valence-electron chi connectivity index (χ0n) is 11.5. The first kappa shape index (κ1) is 14.4. The summed E-state index contributed by atoms with van der Waals surface area (Å²) < 4.78 is 25.1. The molecular weight excluding hydrogens is 246 g/mol. The number of hydrogen-bond acceptors (Lipinski definition) is 2. The highest BCUT2D eigenvalue weighted by atomic mass is 19.3. The molecule has 0 radical (unpaired) electrons. The van der Waals surface area contributed by atoms with Crippen molar-refractivity contribution in [2.45, 2.75) is 38.8 Å². The van der Waals surface area contributed by atoms with Crippen LogP contribution in [0.5, 0.6) is 0 Å². The molecule has 0 saturated carbocycles. The van der Waals surface area contributed by atoms with Gasteiger partial charge in [0.1, 0.15) is 0 Å². The Morgan fingerprint density at radius 3 is 2.21 bits per heavy atom. The minimum absolute atomic E-state index is 0.0716. The van der Waals surface area contributed by atoms with E-state index < -0.39 is 6.43 Å². The zero-order valence-corrected chi connectivity index (χ0v) is 11.5. The van der Waals surface area contributed by atoms with Crippen molar-refractivity contribution in [3.63, 3.8) is 0 Å². The van der Waals surface area contributed by atoms with E-state index in [4.69, 9.17) is 5.73 Å². The molecule has 2 nitrogen and oxygen atoms in total. The Bertz CT molecular complexity index is 405. The molecule has 0 aliphatic carbocycles. The summed E-state index contributed by atoms with van der Waals surface area (Å²) in [5.74, 6) is 0.671. The highest BCUT2D eigenvalue weighted by molar-refractivity contribution is 5.26. The van der Waals surface area contributed by atoms with Crippen LogP contribution in [0.15, 0.2) is 24.3 Å². The normalized spacial score (nSPS) is 26.0. The van der Waals surface area contributed by atoms with Gasteiger partial charge in [0.25, 0.3) is 6.43 Å². The van der Waals surface area contributed by atoms with E-state index in [9.17, 15) is 8.78 Å². The van der Waals surface area contributed by atoms with Gasteiger partial charge in [-0.15, -0.1) is 0 Å². The molecule has 0 aromatic heterocycles. The minimum atomic E-state index is -2.41. The standard InChI is InChI=1S/C15H22F2N2/c1-10-7-11(2)19(9-10)14(8-18)12-3-5-13(6-4-12)15(16)17/h3-6,10-11,14-15H,7-9,18H2,1-2H3. The Morgan fingerprint density at radius 2 is 1.79 bits per heavy atom. The van der Waals surface area contributed by atoms with E-state index in [0.717, 1.165) is 12.1 Å². The molecule has 1 aromatic carbocycles. The van der Waals surface area contributed by atoms with Crippen LogP contribution >= 0.6 is 0 Å². The van der Waals surface area contributed by atoms with Crippen LogP contribution in [0.25, 0.3) is 0 Å². The molecule has 0 amide bonds. The van der Waals surface area contributed by atoms with Gasteiger partial charge in [-0.2, -0.15) is 0 Å². The van der Waals surface area contributed by atoms with Gasteiger partial charge in [-0.25, -0.2) is 8.78 Å². The van der Waals surface area contributed by atoms with Crippen molar-refractivity contribution in [1.29, 1.82) is 0 Å². The van der Waals surface area contributed by atoms with Crippen molar-refractivity contribution in [2.24, 2.45) is 11.7 Å². The van der Waals surface area contributed by atoms with Gasteiger partial charge in [0.05, 0.1) is 0 Å². The van der Waals surface area contributed by atoms with E-state index in [0.29, 0.717) is 18.5 Å². The van der Waals surface area contributed by atoms with Gasteiger partial charge in [0.2, 0.25) is 0 Å². The lowest BCUT2D eigenvalue weighted by Crippen LogP contribution is -2.36. The lowest BCUT2D eigenvalue weighted by molar-refractivity contribution is 0.151. The summed E-state index contributed by atoms with van der Waals surface area (Å²) >= 11 is 0. The summed E-state index contributed by atoms with van der Waals surface area (Å²) in [6.45, 7) is 5.99. The molecule has 3 unspecified atom stereocenters. The predicted molar refractivity (Wildman–Crippen MR) is 73.1 cm³/mol. The molecule has 106 valence electrons. The van der Waals surface area contributed by atoms with Gasteiger partial charge < -0.3 is 5.73 Å². The highest BCUT2D eigenvalue weighted by Crippen LogP contribution is 2.32. The molecule has 0 spiro atoms. The quantitative estimate of drug-likeness (QED) is 0.907. The van der Waals surface area contributed by atoms with E-state index >= 15 is 0 Å². The van der Waals surface area contributed by atoms with Crippen LogP contribution in [0.2, 0.25) is 0 Å². The van der Waals surface area contributed by atoms with Crippen LogP contribution in [-0.2, 0) is 0 Å². The van der Waals surface area contributed by atoms with Crippen molar-refractivity contribution in [3.8, 4) is 0 Å². The molecule has 1 saturated heterocycles. The third kappa shape index (κ3) is 3.12. The maximum Gasteiger partial charge on any atom is 0.263 e. The van der Waals surface area contributed by atoms with Gasteiger partial charge in [-0.1, -0.05) is 31.2 Å². The first-order valence-electron chi connectivity index (χ1n) is 6.86. The Labute approximate surface area is 113 Å². The molecule has 1 heterocycles. The second-order valence-electron chi connectivity index (χ2n) is 5.61. The molecule has 1 aliphatic rings. The summed E-state index contributed by atoms with van der Waals surface area (Å²) in [6, 6.07) is 7.22. The molecule has 0 bridgehead atoms. The predicted octanol–water partition coefficient (Wildman–Crippen LogP) is 3.35. The lowest BCUT2D eigenvalue weighted by Gasteiger charge is -2.31. The summed E-state index contributed by atoms with van der Waals surface area (Å²) in [6.07, 6.45) is -1.23. The third-order valence-electron chi connectivity index (χ3n) is 4.03. The van der Waals surface area contributed by atoms with Gasteiger partial charge in [0.15, 0.2) is 0 Å². The molecule has 4 heteroatoms. The van der Waals surface area contributed by atoms with Gasteiger partial charge in [0, 0.05) is 30.7 Å². The number of alkyl halides is 2. The molecule has 1 fully saturated rings. The van der Waals surface area contributed by atoms with Crippen LogP contribution in [0.3, 0.4) is 0 Å². The van der Waals surface area contributed by atoms with Crippen LogP contribution in [0.4, 0.5) is 8.78 Å². The number of hydrogen-bond donors (Lipinski definition) is 1. The summed E-state index contributed by atoms with van der Waals surface area (Å²) in [5, 5.41) is 0. The molecular formula is C15H22F2N2. The molecule has 19 heavy (non-hydrogen) atoms. The number of nitrogens with zero attached hydrogens (tertiary/aromatic N) is 1. The van der Waals surface area contributed by atoms with E-state index in [2.05, 4.69) is 18.7 Å². The smallest absolute Gasteiger partial charge is 0.263 e. The number of halogens is 2. The maximum absolute atomic E-state index is 12.6. The van der Waals surface area contributed by atoms with E-state index in [-0.39, 0.29) is 11.6 Å². The molecule has 1 aromatic rings. The molecule has 2 N–H and O–H groups in total. The second-order valence-corrected chi connectivity index (χ2v) is 5.61. The van der Waals surface area contributed by atoms with Crippen molar-refractivity contribution < 1.29 is 8.78 Å². The fourth-order valence-corrected chi connectivity index (χ4v) is 3.09. The van der Waals surface area contributed by atoms with Gasteiger partial charge in [-0.3, -0.25) is 4.90 Å². The van der Waals surface area contributed by atoms with Crippen LogP contribution < -0.4 is 5.73 Å². The van der Waals surface area contributed by atoms with Crippen molar-refractivity contribution in [1.82, 2.24) is 4.90 Å². The zero-order chi connectivity index (χ0) is 14.0. The second kappa shape index (κ2) is 5.97. The topological polar surface area (TPSA) is 29.3 Å². The summed E-state index contributed by atoms with van der Waals surface area (Å²) in [7, 11) is 0. The first-order chi connectivity index (χ1) is 9.02. The Morgan fingerprint density at radius 1 is 1.21 bits per heavy atom. The third-order valence-corrected chi connectivity index (χ3v) is 4.03. The van der Waals surface area contributed by atoms with Crippen molar-refractivity contribution in [3.05, 3.63) is 35.4 Å². The monoisotopic (exact) mass is 268 g/mol. The molecule has 2 rings (SSSR count). The average Bonchev–Trinajstić information content (AvgIpc) is 2.70. The van der Waals surface area contributed by atoms with Crippen molar-refractivity contribution >= 4 is 0 Å². The van der Waals surface area contributed by atoms with Crippen LogP contribution in [0.1, 0.15) is 43.9 Å². The summed E-state index contributed by atoms with van der Waals surface area (Å²) in [4.78, 5) is 2.39. The maximum atomic E-state index is 12.6. The lowest BCUT2D eigenvalue weighted by atomic mass is 10.0. The van der Waals surface area contributed by atoms with E-state index in [1.165, 1.54) is 18.6 Å².